The van der Waals surface area contributed by atoms with Crippen LogP contribution in [0.5, 0.6) is 0 Å². The van der Waals surface area contributed by atoms with E-state index in [9.17, 15) is 4.79 Å². The van der Waals surface area contributed by atoms with Gasteiger partial charge in [-0.15, -0.1) is 6.58 Å². The van der Waals surface area contributed by atoms with E-state index >= 15 is 0 Å². The molecule has 1 rings (SSSR count). The Morgan fingerprint density at radius 2 is 2.62 bits per heavy atom. The Kier molecular flexibility index (Phi) is 1.33. The van der Waals surface area contributed by atoms with Crippen molar-refractivity contribution in [3.63, 3.8) is 0 Å². The zero-order valence-electron chi connectivity index (χ0n) is 4.68. The summed E-state index contributed by atoms with van der Waals surface area (Å²) in [6.07, 6.45) is 3.42. The van der Waals surface area contributed by atoms with Gasteiger partial charge in [-0.05, 0) is 6.42 Å². The molecule has 44 valence electrons. The molecule has 0 aliphatic carbocycles. The molecule has 1 heterocycles. The van der Waals surface area contributed by atoms with Crippen molar-refractivity contribution in [2.75, 3.05) is 0 Å². The van der Waals surface area contributed by atoms with E-state index in [4.69, 9.17) is 0 Å². The molecule has 1 aliphatic rings. The van der Waals surface area contributed by atoms with Gasteiger partial charge in [0.1, 0.15) is 0 Å². The molecule has 0 spiro atoms. The van der Waals surface area contributed by atoms with Gasteiger partial charge in [-0.1, -0.05) is 6.08 Å². The largest absolute Gasteiger partial charge is 0.352 e. The van der Waals surface area contributed by atoms with Crippen LogP contribution in [-0.2, 0) is 4.79 Å². The van der Waals surface area contributed by atoms with Crippen LogP contribution in [0.4, 0.5) is 0 Å². The molecule has 2 nitrogen and oxygen atoms in total. The maximum absolute atomic E-state index is 10.2. The first-order valence-electron chi connectivity index (χ1n) is 2.73. The molecule has 2 heteroatoms. The second-order valence-electron chi connectivity index (χ2n) is 1.99. The third kappa shape index (κ3) is 0.886. The van der Waals surface area contributed by atoms with Gasteiger partial charge in [0.05, 0.1) is 0 Å². The minimum atomic E-state index is 0.164. The van der Waals surface area contributed by atoms with Crippen LogP contribution in [0.15, 0.2) is 12.7 Å². The van der Waals surface area contributed by atoms with Gasteiger partial charge in [-0.2, -0.15) is 0 Å². The fourth-order valence-corrected chi connectivity index (χ4v) is 0.774. The lowest BCUT2D eigenvalue weighted by Gasteiger charge is -2.25. The highest BCUT2D eigenvalue weighted by Gasteiger charge is 2.22. The molecule has 0 unspecified atom stereocenters. The van der Waals surface area contributed by atoms with E-state index in [2.05, 4.69) is 11.9 Å². The molecule has 0 radical (unpaired) electrons. The molecule has 8 heavy (non-hydrogen) atoms. The van der Waals surface area contributed by atoms with E-state index in [1.807, 2.05) is 6.08 Å². The minimum absolute atomic E-state index is 0.164. The number of carbonyl (C=O) groups is 1. The van der Waals surface area contributed by atoms with Crippen molar-refractivity contribution in [1.29, 1.82) is 0 Å². The number of carbonyl (C=O) groups excluding carboxylic acids is 1. The van der Waals surface area contributed by atoms with Crippen molar-refractivity contribution in [2.24, 2.45) is 0 Å². The standard InChI is InChI=1S/C6H9NO/c1-2-3-5-4-6(8)7-5/h2,5H,1,3-4H2,(H,7,8)/t5-/m0/s1. The highest BCUT2D eigenvalue weighted by Crippen LogP contribution is 2.07. The fourth-order valence-electron chi connectivity index (χ4n) is 0.774. The van der Waals surface area contributed by atoms with Gasteiger partial charge < -0.3 is 5.32 Å². The predicted octanol–water partition coefficient (Wildman–Crippen LogP) is 0.451. The SMILES string of the molecule is C=CC[C@H]1CC(=O)N1. The van der Waals surface area contributed by atoms with E-state index < -0.39 is 0 Å². The summed E-state index contributed by atoms with van der Waals surface area (Å²) in [5, 5.41) is 2.73. The second-order valence-corrected chi connectivity index (χ2v) is 1.99. The van der Waals surface area contributed by atoms with Gasteiger partial charge in [0.25, 0.3) is 0 Å². The van der Waals surface area contributed by atoms with Gasteiger partial charge in [0.2, 0.25) is 5.91 Å². The summed E-state index contributed by atoms with van der Waals surface area (Å²) in [6, 6.07) is 0.389. The van der Waals surface area contributed by atoms with Crippen LogP contribution in [0.25, 0.3) is 0 Å². The molecule has 1 atom stereocenters. The summed E-state index contributed by atoms with van der Waals surface area (Å²) in [6.45, 7) is 3.56. The number of hydrogen-bond donors (Lipinski definition) is 1. The van der Waals surface area contributed by atoms with Crippen LogP contribution in [-0.4, -0.2) is 11.9 Å². The summed E-state index contributed by atoms with van der Waals surface area (Å²) in [4.78, 5) is 10.2. The smallest absolute Gasteiger partial charge is 0.222 e. The summed E-state index contributed by atoms with van der Waals surface area (Å²) in [7, 11) is 0. The molecule has 0 saturated carbocycles. The number of hydrogen-bond acceptors (Lipinski definition) is 1. The average molecular weight is 111 g/mol. The van der Waals surface area contributed by atoms with Crippen LogP contribution >= 0.6 is 0 Å². The quantitative estimate of drug-likeness (QED) is 0.407. The molecule has 1 saturated heterocycles. The van der Waals surface area contributed by atoms with E-state index in [0.29, 0.717) is 12.5 Å². The Morgan fingerprint density at radius 1 is 2.00 bits per heavy atom. The lowest BCUT2D eigenvalue weighted by atomic mass is 10.0. The van der Waals surface area contributed by atoms with Gasteiger partial charge in [-0.25, -0.2) is 0 Å². The fraction of sp³-hybridized carbons (Fsp3) is 0.500. The second kappa shape index (κ2) is 1.99. The maximum Gasteiger partial charge on any atom is 0.222 e. The molecular weight excluding hydrogens is 102 g/mol. The molecule has 0 bridgehead atoms. The van der Waals surface area contributed by atoms with Crippen molar-refractivity contribution < 1.29 is 4.79 Å². The molecule has 0 aromatic carbocycles. The molecule has 1 fully saturated rings. The Balaban J connectivity index is 2.15. The van der Waals surface area contributed by atoms with Gasteiger partial charge >= 0.3 is 0 Å². The lowest BCUT2D eigenvalue weighted by Crippen LogP contribution is -2.47. The van der Waals surface area contributed by atoms with Crippen LogP contribution in [0.1, 0.15) is 12.8 Å². The Labute approximate surface area is 48.6 Å². The lowest BCUT2D eigenvalue weighted by molar-refractivity contribution is -0.128. The first-order valence-corrected chi connectivity index (χ1v) is 2.73. The van der Waals surface area contributed by atoms with E-state index in [-0.39, 0.29) is 5.91 Å². The predicted molar refractivity (Wildman–Crippen MR) is 31.4 cm³/mol. The summed E-state index contributed by atoms with van der Waals surface area (Å²) >= 11 is 0. The first kappa shape index (κ1) is 5.35. The van der Waals surface area contributed by atoms with E-state index in [1.165, 1.54) is 0 Å². The Morgan fingerprint density at radius 3 is 3.00 bits per heavy atom. The third-order valence-corrected chi connectivity index (χ3v) is 1.25. The van der Waals surface area contributed by atoms with Crippen molar-refractivity contribution >= 4 is 5.91 Å². The molecule has 0 aromatic heterocycles. The number of β-lactam (4-membered cyclic amide) rings is 1. The van der Waals surface area contributed by atoms with E-state index in [1.54, 1.807) is 0 Å². The molecule has 0 aromatic rings. The highest BCUT2D eigenvalue weighted by atomic mass is 16.2. The topological polar surface area (TPSA) is 29.1 Å². The zero-order valence-corrected chi connectivity index (χ0v) is 4.68. The van der Waals surface area contributed by atoms with Crippen molar-refractivity contribution in [3.8, 4) is 0 Å². The average Bonchev–Trinajstić information content (AvgIpc) is 1.64. The number of amides is 1. The molecule has 1 amide bonds. The van der Waals surface area contributed by atoms with Crippen molar-refractivity contribution in [1.82, 2.24) is 5.32 Å². The van der Waals surface area contributed by atoms with Gasteiger partial charge in [0, 0.05) is 12.5 Å². The van der Waals surface area contributed by atoms with Gasteiger partial charge in [0.15, 0.2) is 0 Å². The molecular formula is C6H9NO. The van der Waals surface area contributed by atoms with Crippen LogP contribution in [0.2, 0.25) is 0 Å². The molecule has 1 aliphatic heterocycles. The Hall–Kier alpha value is -0.790. The third-order valence-electron chi connectivity index (χ3n) is 1.25. The van der Waals surface area contributed by atoms with Crippen molar-refractivity contribution in [3.05, 3.63) is 12.7 Å². The maximum atomic E-state index is 10.2. The summed E-state index contributed by atoms with van der Waals surface area (Å²) < 4.78 is 0. The van der Waals surface area contributed by atoms with Gasteiger partial charge in [-0.3, -0.25) is 4.79 Å². The van der Waals surface area contributed by atoms with Crippen LogP contribution in [0.3, 0.4) is 0 Å². The molecule has 1 N–H and O–H groups in total. The van der Waals surface area contributed by atoms with Crippen molar-refractivity contribution in [2.45, 2.75) is 18.9 Å². The van der Waals surface area contributed by atoms with Crippen LogP contribution < -0.4 is 5.32 Å². The van der Waals surface area contributed by atoms with E-state index in [0.717, 1.165) is 6.42 Å². The Bertz CT molecular complexity index is 109. The summed E-state index contributed by atoms with van der Waals surface area (Å²) in [5.74, 6) is 0.164. The monoisotopic (exact) mass is 111 g/mol. The zero-order chi connectivity index (χ0) is 5.98. The highest BCUT2D eigenvalue weighted by molar-refractivity contribution is 5.82. The van der Waals surface area contributed by atoms with Crippen LogP contribution in [0, 0.1) is 0 Å². The summed E-state index contributed by atoms with van der Waals surface area (Å²) in [5.41, 5.74) is 0. The number of rotatable bonds is 2. The minimum Gasteiger partial charge on any atom is -0.352 e. The normalized spacial score (nSPS) is 26.0. The number of nitrogens with one attached hydrogen (secondary N) is 1. The first-order chi connectivity index (χ1) is 3.83.